The first-order valence-electron chi connectivity index (χ1n) is 8.18. The van der Waals surface area contributed by atoms with E-state index in [0.717, 1.165) is 18.2 Å². The van der Waals surface area contributed by atoms with E-state index in [2.05, 4.69) is 39.1 Å². The molecule has 0 saturated carbocycles. The summed E-state index contributed by atoms with van der Waals surface area (Å²) in [4.78, 5) is 9.02. The summed E-state index contributed by atoms with van der Waals surface area (Å²) in [6.07, 6.45) is 5.58. The highest BCUT2D eigenvalue weighted by Crippen LogP contribution is 2.18. The van der Waals surface area contributed by atoms with E-state index in [4.69, 9.17) is 4.52 Å². The third-order valence-electron chi connectivity index (χ3n) is 4.44. The Morgan fingerprint density at radius 3 is 2.96 bits per heavy atom. The van der Waals surface area contributed by atoms with E-state index >= 15 is 0 Å². The molecule has 0 radical (unpaired) electrons. The summed E-state index contributed by atoms with van der Waals surface area (Å²) in [6.45, 7) is 7.42. The number of likely N-dealkylation sites (tertiary alicyclic amines) is 1. The lowest BCUT2D eigenvalue weighted by molar-refractivity contribution is 0.115. The number of hydrogen-bond donors (Lipinski definition) is 1. The molecule has 1 saturated heterocycles. The number of hydrogen-bond acceptors (Lipinski definition) is 4. The molecule has 0 bridgehead atoms. The lowest BCUT2D eigenvalue weighted by Crippen LogP contribution is -2.50. The predicted octanol–water partition coefficient (Wildman–Crippen LogP) is 2.56. The first kappa shape index (κ1) is 20.2. The molecule has 0 aliphatic carbocycles. The van der Waals surface area contributed by atoms with Gasteiger partial charge in [-0.3, -0.25) is 9.89 Å². The fourth-order valence-corrected chi connectivity index (χ4v) is 3.15. The molecule has 0 aromatic carbocycles. The summed E-state index contributed by atoms with van der Waals surface area (Å²) in [6, 6.07) is 3.06. The first-order chi connectivity index (χ1) is 10.6. The Morgan fingerprint density at radius 2 is 2.35 bits per heavy atom. The van der Waals surface area contributed by atoms with Gasteiger partial charge in [-0.2, -0.15) is 0 Å². The molecule has 2 rings (SSSR count). The molecule has 6 nitrogen and oxygen atoms in total. The molecule has 1 N–H and O–H groups in total. The third-order valence-corrected chi connectivity index (χ3v) is 4.44. The zero-order chi connectivity index (χ0) is 15.9. The van der Waals surface area contributed by atoms with Crippen LogP contribution in [0.3, 0.4) is 0 Å². The number of piperidine rings is 1. The summed E-state index contributed by atoms with van der Waals surface area (Å²) >= 11 is 0. The summed E-state index contributed by atoms with van der Waals surface area (Å²) in [7, 11) is 3.83. The van der Waals surface area contributed by atoms with E-state index in [1.807, 2.05) is 20.2 Å². The summed E-state index contributed by atoms with van der Waals surface area (Å²) in [5.74, 6) is 0.888. The average Bonchev–Trinajstić information content (AvgIpc) is 3.01. The van der Waals surface area contributed by atoms with Gasteiger partial charge in [0.05, 0.1) is 6.54 Å². The molecule has 7 heteroatoms. The summed E-state index contributed by atoms with van der Waals surface area (Å²) < 4.78 is 4.87. The largest absolute Gasteiger partial charge is 0.364 e. The van der Waals surface area contributed by atoms with Gasteiger partial charge in [0, 0.05) is 38.8 Å². The number of rotatable bonds is 5. The second-order valence-corrected chi connectivity index (χ2v) is 6.21. The number of nitrogens with one attached hydrogen (secondary N) is 1. The van der Waals surface area contributed by atoms with Crippen LogP contribution < -0.4 is 5.32 Å². The Morgan fingerprint density at radius 1 is 1.57 bits per heavy atom. The Labute approximate surface area is 156 Å². The van der Waals surface area contributed by atoms with Gasteiger partial charge in [-0.05, 0) is 33.2 Å². The quantitative estimate of drug-likeness (QED) is 0.438. The molecular weight excluding hydrogens is 405 g/mol. The Kier molecular flexibility index (Phi) is 8.90. The number of aliphatic imine (C=N–C) groups is 1. The van der Waals surface area contributed by atoms with Crippen LogP contribution in [0.4, 0.5) is 0 Å². The van der Waals surface area contributed by atoms with Gasteiger partial charge in [0.15, 0.2) is 5.96 Å². The molecule has 0 amide bonds. The number of aromatic nitrogens is 1. The van der Waals surface area contributed by atoms with Crippen molar-refractivity contribution >= 4 is 29.9 Å². The van der Waals surface area contributed by atoms with Crippen LogP contribution in [0.1, 0.15) is 38.8 Å². The first-order valence-corrected chi connectivity index (χ1v) is 8.18. The molecule has 2 atom stereocenters. The Balaban J connectivity index is 0.00000264. The van der Waals surface area contributed by atoms with Gasteiger partial charge in [0.25, 0.3) is 0 Å². The zero-order valence-corrected chi connectivity index (χ0v) is 17.0. The third kappa shape index (κ3) is 5.95. The minimum Gasteiger partial charge on any atom is -0.364 e. The van der Waals surface area contributed by atoms with E-state index in [1.165, 1.54) is 25.8 Å². The SMILES string of the molecule is CN=C(NCC(C)N1CCCCC1C)N(C)Cc1ccon1.I. The summed E-state index contributed by atoms with van der Waals surface area (Å²) in [5, 5.41) is 7.42. The molecule has 132 valence electrons. The molecule has 0 spiro atoms. The smallest absolute Gasteiger partial charge is 0.193 e. The van der Waals surface area contributed by atoms with Gasteiger partial charge < -0.3 is 14.7 Å². The predicted molar refractivity (Wildman–Crippen MR) is 104 cm³/mol. The van der Waals surface area contributed by atoms with Gasteiger partial charge in [-0.15, -0.1) is 24.0 Å². The molecule has 2 heterocycles. The van der Waals surface area contributed by atoms with Crippen molar-refractivity contribution in [2.75, 3.05) is 27.2 Å². The van der Waals surface area contributed by atoms with E-state index in [-0.39, 0.29) is 24.0 Å². The highest BCUT2D eigenvalue weighted by Gasteiger charge is 2.23. The van der Waals surface area contributed by atoms with Crippen molar-refractivity contribution in [2.45, 2.75) is 51.7 Å². The van der Waals surface area contributed by atoms with Crippen LogP contribution in [-0.4, -0.2) is 60.2 Å². The molecule has 1 aromatic heterocycles. The topological polar surface area (TPSA) is 56.9 Å². The number of halogens is 1. The van der Waals surface area contributed by atoms with Crippen molar-refractivity contribution in [1.29, 1.82) is 0 Å². The molecule has 1 fully saturated rings. The van der Waals surface area contributed by atoms with Crippen LogP contribution in [0, 0.1) is 0 Å². The van der Waals surface area contributed by atoms with Crippen LogP contribution >= 0.6 is 24.0 Å². The standard InChI is InChI=1S/C16H29N5O.HI/c1-13-7-5-6-9-21(13)14(2)11-18-16(17-3)20(4)12-15-8-10-22-19-15;/h8,10,13-14H,5-7,9,11-12H2,1-4H3,(H,17,18);1H. The van der Waals surface area contributed by atoms with Gasteiger partial charge in [-0.1, -0.05) is 11.6 Å². The molecule has 1 aliphatic heterocycles. The summed E-state index contributed by atoms with van der Waals surface area (Å²) in [5.41, 5.74) is 0.906. The highest BCUT2D eigenvalue weighted by molar-refractivity contribution is 14.0. The molecule has 23 heavy (non-hydrogen) atoms. The lowest BCUT2D eigenvalue weighted by Gasteiger charge is -2.38. The number of guanidine groups is 1. The Bertz CT molecular complexity index is 465. The van der Waals surface area contributed by atoms with Crippen LogP contribution in [0.5, 0.6) is 0 Å². The van der Waals surface area contributed by atoms with Crippen molar-refractivity contribution in [3.8, 4) is 0 Å². The van der Waals surface area contributed by atoms with Crippen LogP contribution in [-0.2, 0) is 6.54 Å². The lowest BCUT2D eigenvalue weighted by atomic mass is 10.0. The Hall–Kier alpha value is -0.830. The van der Waals surface area contributed by atoms with Crippen molar-refractivity contribution in [2.24, 2.45) is 4.99 Å². The maximum atomic E-state index is 4.87. The maximum Gasteiger partial charge on any atom is 0.193 e. The molecular formula is C16H30IN5O. The number of nitrogens with zero attached hydrogens (tertiary/aromatic N) is 4. The highest BCUT2D eigenvalue weighted by atomic mass is 127. The average molecular weight is 435 g/mol. The molecule has 2 unspecified atom stereocenters. The van der Waals surface area contributed by atoms with E-state index in [1.54, 1.807) is 6.26 Å². The second kappa shape index (κ2) is 10.1. The van der Waals surface area contributed by atoms with Crippen molar-refractivity contribution in [3.63, 3.8) is 0 Å². The minimum atomic E-state index is 0. The monoisotopic (exact) mass is 435 g/mol. The molecule has 1 aromatic rings. The van der Waals surface area contributed by atoms with Crippen LogP contribution in [0.15, 0.2) is 21.8 Å². The van der Waals surface area contributed by atoms with Crippen molar-refractivity contribution in [3.05, 3.63) is 18.0 Å². The normalized spacial score (nSPS) is 20.7. The van der Waals surface area contributed by atoms with Gasteiger partial charge in [-0.25, -0.2) is 0 Å². The fraction of sp³-hybridized carbons (Fsp3) is 0.750. The minimum absolute atomic E-state index is 0. The fourth-order valence-electron chi connectivity index (χ4n) is 3.15. The van der Waals surface area contributed by atoms with Gasteiger partial charge in [0.1, 0.15) is 12.0 Å². The van der Waals surface area contributed by atoms with E-state index < -0.39 is 0 Å². The second-order valence-electron chi connectivity index (χ2n) is 6.21. The van der Waals surface area contributed by atoms with Crippen LogP contribution in [0.2, 0.25) is 0 Å². The zero-order valence-electron chi connectivity index (χ0n) is 14.7. The van der Waals surface area contributed by atoms with Crippen LogP contribution in [0.25, 0.3) is 0 Å². The van der Waals surface area contributed by atoms with Crippen molar-refractivity contribution < 1.29 is 4.52 Å². The van der Waals surface area contributed by atoms with Crippen molar-refractivity contribution in [1.82, 2.24) is 20.3 Å². The molecule has 1 aliphatic rings. The van der Waals surface area contributed by atoms with E-state index in [9.17, 15) is 0 Å². The van der Waals surface area contributed by atoms with Gasteiger partial charge in [0.2, 0.25) is 0 Å². The van der Waals surface area contributed by atoms with E-state index in [0.29, 0.717) is 18.6 Å². The maximum absolute atomic E-state index is 4.87. The van der Waals surface area contributed by atoms with Gasteiger partial charge >= 0.3 is 0 Å².